The average Bonchev–Trinajstić information content (AvgIpc) is 3.49. The summed E-state index contributed by atoms with van der Waals surface area (Å²) >= 11 is 6.67. The van der Waals surface area contributed by atoms with Crippen LogP contribution in [0.15, 0.2) is 52.6 Å². The fourth-order valence-electron chi connectivity index (χ4n) is 5.77. The van der Waals surface area contributed by atoms with Crippen molar-refractivity contribution in [3.8, 4) is 0 Å². The van der Waals surface area contributed by atoms with Gasteiger partial charge in [0.05, 0.1) is 25.2 Å². The molecule has 0 aliphatic carbocycles. The summed E-state index contributed by atoms with van der Waals surface area (Å²) in [5.41, 5.74) is 4.75. The van der Waals surface area contributed by atoms with Gasteiger partial charge in [-0.05, 0) is 47.8 Å². The van der Waals surface area contributed by atoms with Crippen LogP contribution >= 0.6 is 11.6 Å². The molecule has 3 unspecified atom stereocenters. The number of piperazine rings is 1. The number of carbonyl (C=O) groups excluding carboxylic acids is 1. The SMILES string of the molecule is COCC1CN2CC(C3=C(Cl)CNC(NC4=CCNN4C)=C3)CC2C(=O)N1Cc1cc(F)ccc1C(O)O. The van der Waals surface area contributed by atoms with Gasteiger partial charge in [0.1, 0.15) is 17.5 Å². The Labute approximate surface area is 226 Å². The zero-order valence-corrected chi connectivity index (χ0v) is 22.2. The first-order valence-electron chi connectivity index (χ1n) is 12.7. The lowest BCUT2D eigenvalue weighted by Gasteiger charge is -2.43. The second-order valence-corrected chi connectivity index (χ2v) is 10.6. The largest absolute Gasteiger partial charge is 0.382 e. The zero-order valence-electron chi connectivity index (χ0n) is 21.5. The number of ether oxygens (including phenoxy) is 1. The topological polar surface area (TPSA) is 113 Å². The highest BCUT2D eigenvalue weighted by atomic mass is 35.5. The van der Waals surface area contributed by atoms with Crippen LogP contribution in [0.5, 0.6) is 0 Å². The molecule has 2 saturated heterocycles. The van der Waals surface area contributed by atoms with Crippen molar-refractivity contribution in [2.24, 2.45) is 5.92 Å². The first-order chi connectivity index (χ1) is 18.2. The van der Waals surface area contributed by atoms with E-state index in [1.165, 1.54) is 18.2 Å². The smallest absolute Gasteiger partial charge is 0.240 e. The standard InChI is InChI=1S/C26H34ClFN6O4/c1-32-24(5-6-30-32)31-23-9-20(21(27)10-29-23)16-8-22-25(35)34(18(14-38-2)13-33(22)11-16)12-15-7-17(28)3-4-19(15)26(36)37/h3-5,7,9,16,18,22,26,29-31,36-37H,6,8,10-14H2,1-2H3. The molecule has 10 nitrogen and oxygen atoms in total. The molecule has 5 N–H and O–H groups in total. The summed E-state index contributed by atoms with van der Waals surface area (Å²) in [4.78, 5) is 17.7. The maximum Gasteiger partial charge on any atom is 0.240 e. The highest BCUT2D eigenvalue weighted by Crippen LogP contribution is 2.37. The first-order valence-corrected chi connectivity index (χ1v) is 13.1. The van der Waals surface area contributed by atoms with Gasteiger partial charge in [-0.25, -0.2) is 9.82 Å². The van der Waals surface area contributed by atoms with Gasteiger partial charge in [0, 0.05) is 50.9 Å². The third-order valence-electron chi connectivity index (χ3n) is 7.68. The van der Waals surface area contributed by atoms with Crippen molar-refractivity contribution < 1.29 is 24.1 Å². The molecule has 0 spiro atoms. The van der Waals surface area contributed by atoms with Gasteiger partial charge in [-0.15, -0.1) is 0 Å². The minimum Gasteiger partial charge on any atom is -0.382 e. The van der Waals surface area contributed by atoms with Crippen LogP contribution in [0.25, 0.3) is 0 Å². The van der Waals surface area contributed by atoms with Gasteiger partial charge in [-0.2, -0.15) is 0 Å². The van der Waals surface area contributed by atoms with E-state index in [1.807, 2.05) is 18.1 Å². The summed E-state index contributed by atoms with van der Waals surface area (Å²) in [6, 6.07) is 3.15. The van der Waals surface area contributed by atoms with Gasteiger partial charge >= 0.3 is 0 Å². The van der Waals surface area contributed by atoms with E-state index in [2.05, 4.69) is 27.0 Å². The fourth-order valence-corrected chi connectivity index (χ4v) is 6.05. The minimum absolute atomic E-state index is 0.0601. The highest BCUT2D eigenvalue weighted by molar-refractivity contribution is 6.30. The number of methoxy groups -OCH3 is 1. The molecule has 1 aromatic carbocycles. The number of aliphatic hydroxyl groups excluding tert-OH is 1. The Morgan fingerprint density at radius 2 is 2.13 bits per heavy atom. The Morgan fingerprint density at radius 3 is 2.84 bits per heavy atom. The fraction of sp³-hybridized carbons (Fsp3) is 0.500. The van der Waals surface area contributed by atoms with Gasteiger partial charge in [0.15, 0.2) is 6.29 Å². The van der Waals surface area contributed by atoms with Crippen LogP contribution in [0, 0.1) is 11.7 Å². The van der Waals surface area contributed by atoms with E-state index in [9.17, 15) is 19.4 Å². The second-order valence-electron chi connectivity index (χ2n) is 10.1. The molecule has 1 amide bonds. The number of dihydropyridines is 1. The number of nitrogens with one attached hydrogen (secondary N) is 3. The maximum atomic E-state index is 14.1. The summed E-state index contributed by atoms with van der Waals surface area (Å²) in [6.45, 7) is 2.90. The van der Waals surface area contributed by atoms with Crippen molar-refractivity contribution in [2.75, 3.05) is 46.9 Å². The average molecular weight is 549 g/mol. The zero-order chi connectivity index (χ0) is 27.0. The van der Waals surface area contributed by atoms with Crippen LogP contribution in [0.4, 0.5) is 4.39 Å². The molecular weight excluding hydrogens is 515 g/mol. The Kier molecular flexibility index (Phi) is 7.94. The molecule has 4 aliphatic heterocycles. The van der Waals surface area contributed by atoms with Gasteiger partial charge in [-0.1, -0.05) is 17.7 Å². The number of hydrazine groups is 1. The maximum absolute atomic E-state index is 14.1. The quantitative estimate of drug-likeness (QED) is 0.299. The summed E-state index contributed by atoms with van der Waals surface area (Å²) in [5.74, 6) is 1.28. The lowest BCUT2D eigenvalue weighted by Crippen LogP contribution is -2.60. The van der Waals surface area contributed by atoms with Crippen molar-refractivity contribution >= 4 is 17.5 Å². The minimum atomic E-state index is -1.77. The van der Waals surface area contributed by atoms with Gasteiger partial charge in [0.2, 0.25) is 5.91 Å². The molecule has 2 fully saturated rings. The number of rotatable bonds is 8. The van der Waals surface area contributed by atoms with Crippen molar-refractivity contribution in [3.63, 3.8) is 0 Å². The monoisotopic (exact) mass is 548 g/mol. The van der Waals surface area contributed by atoms with Gasteiger partial charge in [0.25, 0.3) is 0 Å². The van der Waals surface area contributed by atoms with Gasteiger partial charge < -0.3 is 30.5 Å². The Balaban J connectivity index is 1.35. The van der Waals surface area contributed by atoms with Crippen LogP contribution in [-0.2, 0) is 16.1 Å². The molecule has 206 valence electrons. The summed E-state index contributed by atoms with van der Waals surface area (Å²) in [6.07, 6.45) is 2.92. The predicted molar refractivity (Wildman–Crippen MR) is 139 cm³/mol. The van der Waals surface area contributed by atoms with Crippen molar-refractivity contribution in [2.45, 2.75) is 31.3 Å². The summed E-state index contributed by atoms with van der Waals surface area (Å²) in [5, 5.41) is 28.9. The molecule has 5 rings (SSSR count). The number of hydrogen-bond donors (Lipinski definition) is 5. The number of amides is 1. The molecular formula is C26H34ClFN6O4. The van der Waals surface area contributed by atoms with E-state index in [1.54, 1.807) is 12.0 Å². The van der Waals surface area contributed by atoms with E-state index in [0.717, 1.165) is 28.8 Å². The second kappa shape index (κ2) is 11.2. The lowest BCUT2D eigenvalue weighted by atomic mass is 9.93. The van der Waals surface area contributed by atoms with E-state index in [4.69, 9.17) is 16.3 Å². The molecule has 1 aromatic rings. The van der Waals surface area contributed by atoms with Crippen LogP contribution in [0.1, 0.15) is 23.8 Å². The molecule has 0 radical (unpaired) electrons. The lowest BCUT2D eigenvalue weighted by molar-refractivity contribution is -0.147. The Hall–Kier alpha value is -2.67. The number of benzene rings is 1. The third-order valence-corrected chi connectivity index (χ3v) is 8.03. The molecule has 0 aromatic heterocycles. The first kappa shape index (κ1) is 26.9. The van der Waals surface area contributed by atoms with E-state index in [-0.39, 0.29) is 36.0 Å². The number of halogens is 2. The molecule has 38 heavy (non-hydrogen) atoms. The number of allylic oxidation sites excluding steroid dienone is 1. The molecule has 12 heteroatoms. The van der Waals surface area contributed by atoms with Crippen molar-refractivity contribution in [3.05, 3.63) is 69.5 Å². The summed E-state index contributed by atoms with van der Waals surface area (Å²) in [7, 11) is 3.52. The van der Waals surface area contributed by atoms with Crippen molar-refractivity contribution in [1.82, 2.24) is 30.9 Å². The van der Waals surface area contributed by atoms with E-state index >= 15 is 0 Å². The van der Waals surface area contributed by atoms with Crippen LogP contribution in [0.2, 0.25) is 0 Å². The molecule has 4 heterocycles. The molecule has 3 atom stereocenters. The predicted octanol–water partition coefficient (Wildman–Crippen LogP) is 0.675. The van der Waals surface area contributed by atoms with Crippen LogP contribution < -0.4 is 16.1 Å². The van der Waals surface area contributed by atoms with Crippen LogP contribution in [0.3, 0.4) is 0 Å². The normalized spacial score (nSPS) is 26.1. The number of hydrogen-bond acceptors (Lipinski definition) is 9. The number of aliphatic hydroxyl groups is 2. The summed E-state index contributed by atoms with van der Waals surface area (Å²) < 4.78 is 19.5. The van der Waals surface area contributed by atoms with E-state index < -0.39 is 12.1 Å². The van der Waals surface area contributed by atoms with Gasteiger partial charge in [-0.3, -0.25) is 14.7 Å². The third kappa shape index (κ3) is 5.40. The molecule has 4 aliphatic rings. The molecule has 0 saturated carbocycles. The highest BCUT2D eigenvalue weighted by Gasteiger charge is 2.47. The Morgan fingerprint density at radius 1 is 1.32 bits per heavy atom. The van der Waals surface area contributed by atoms with Crippen molar-refractivity contribution in [1.29, 1.82) is 0 Å². The number of nitrogens with zero attached hydrogens (tertiary/aromatic N) is 3. The number of carbonyl (C=O) groups is 1. The Bertz CT molecular complexity index is 1170. The number of fused-ring (bicyclic) bond motifs is 1. The van der Waals surface area contributed by atoms with E-state index in [0.29, 0.717) is 38.2 Å². The molecule has 0 bridgehead atoms. The van der Waals surface area contributed by atoms with Crippen LogP contribution in [-0.4, -0.2) is 90.0 Å².